The molecule has 8 nitrogen and oxygen atoms in total. The summed E-state index contributed by atoms with van der Waals surface area (Å²) in [7, 11) is 1.36. The highest BCUT2D eigenvalue weighted by atomic mass is 19.3. The highest BCUT2D eigenvalue weighted by Crippen LogP contribution is 2.32. The number of anilines is 1. The Morgan fingerprint density at radius 1 is 1.18 bits per heavy atom. The maximum Gasteiger partial charge on any atom is 0.387 e. The number of likely N-dealkylation sites (tertiary alicyclic amines) is 1. The molecule has 1 saturated heterocycles. The lowest BCUT2D eigenvalue weighted by Crippen LogP contribution is -2.27. The van der Waals surface area contributed by atoms with Gasteiger partial charge in [-0.15, -0.1) is 0 Å². The predicted octanol–water partition coefficient (Wildman–Crippen LogP) is 4.50. The average molecular weight is 458 g/mol. The van der Waals surface area contributed by atoms with Gasteiger partial charge in [-0.1, -0.05) is 5.16 Å². The van der Waals surface area contributed by atoms with Crippen LogP contribution in [-0.2, 0) is 6.54 Å². The van der Waals surface area contributed by atoms with Crippen molar-refractivity contribution in [1.82, 2.24) is 15.0 Å². The summed E-state index contributed by atoms with van der Waals surface area (Å²) < 4.78 is 39.8. The van der Waals surface area contributed by atoms with Crippen molar-refractivity contribution in [2.75, 3.05) is 25.5 Å². The van der Waals surface area contributed by atoms with Crippen LogP contribution in [0.1, 0.15) is 34.7 Å². The molecule has 1 fully saturated rings. The predicted molar refractivity (Wildman–Crippen MR) is 117 cm³/mol. The van der Waals surface area contributed by atoms with Crippen LogP contribution in [0.3, 0.4) is 0 Å². The first-order chi connectivity index (χ1) is 15.9. The van der Waals surface area contributed by atoms with Gasteiger partial charge in [0.05, 0.1) is 13.7 Å². The Hall–Kier alpha value is -3.69. The van der Waals surface area contributed by atoms with E-state index in [4.69, 9.17) is 9.26 Å². The molecule has 2 aromatic carbocycles. The fraction of sp³-hybridized carbons (Fsp3) is 0.348. The maximum atomic E-state index is 12.6. The average Bonchev–Trinajstić information content (AvgIpc) is 3.50. The number of methoxy groups -OCH3 is 1. The number of nitrogens with one attached hydrogen (secondary N) is 1. The van der Waals surface area contributed by atoms with Crippen molar-refractivity contribution in [3.63, 3.8) is 0 Å². The van der Waals surface area contributed by atoms with Crippen LogP contribution in [0.2, 0.25) is 0 Å². The molecule has 1 aliphatic rings. The highest BCUT2D eigenvalue weighted by molar-refractivity contribution is 5.95. The second-order valence-corrected chi connectivity index (χ2v) is 7.64. The van der Waals surface area contributed by atoms with Crippen LogP contribution in [0.25, 0.3) is 11.4 Å². The topological polar surface area (TPSA) is 89.7 Å². The second-order valence-electron chi connectivity index (χ2n) is 7.64. The van der Waals surface area contributed by atoms with Crippen molar-refractivity contribution in [2.24, 2.45) is 0 Å². The molecule has 0 aliphatic carbocycles. The van der Waals surface area contributed by atoms with Crippen molar-refractivity contribution in [3.05, 3.63) is 53.4 Å². The lowest BCUT2D eigenvalue weighted by atomic mass is 10.1. The van der Waals surface area contributed by atoms with Gasteiger partial charge in [-0.05, 0) is 61.7 Å². The van der Waals surface area contributed by atoms with E-state index in [1.807, 2.05) is 30.0 Å². The molecular formula is C23H24F2N4O4. The first-order valence-electron chi connectivity index (χ1n) is 10.5. The summed E-state index contributed by atoms with van der Waals surface area (Å²) in [4.78, 5) is 18.8. The lowest BCUT2D eigenvalue weighted by Gasteiger charge is -2.16. The zero-order chi connectivity index (χ0) is 23.4. The number of ether oxygens (including phenoxy) is 2. The normalized spacial score (nSPS) is 13.4. The smallest absolute Gasteiger partial charge is 0.387 e. The van der Waals surface area contributed by atoms with Crippen LogP contribution < -0.4 is 14.8 Å². The molecule has 174 valence electrons. The fourth-order valence-electron chi connectivity index (χ4n) is 3.71. The van der Waals surface area contributed by atoms with Crippen molar-refractivity contribution >= 4 is 11.6 Å². The monoisotopic (exact) mass is 458 g/mol. The summed E-state index contributed by atoms with van der Waals surface area (Å²) in [6.45, 7) is 0.869. The number of carbonyl (C=O) groups excluding carboxylic acids is 1. The summed E-state index contributed by atoms with van der Waals surface area (Å²) in [5.74, 6) is 0.745. The standard InChI is InChI=1S/C23H24F2N4O4/c1-14-11-16(22(30)29-9-3-4-10-29)5-7-17(14)26-13-20-27-21(28-33-20)15-6-8-18(32-23(24)25)19(12-15)31-2/h5-8,11-12,23,26H,3-4,9-10,13H2,1-2H3. The zero-order valence-electron chi connectivity index (χ0n) is 18.3. The number of hydrogen-bond donors (Lipinski definition) is 1. The van der Waals surface area contributed by atoms with Gasteiger partial charge in [0.15, 0.2) is 11.5 Å². The van der Waals surface area contributed by atoms with Crippen molar-refractivity contribution in [2.45, 2.75) is 32.9 Å². The summed E-state index contributed by atoms with van der Waals surface area (Å²) in [6, 6.07) is 9.95. The number of hydrogen-bond acceptors (Lipinski definition) is 7. The first kappa shape index (κ1) is 22.5. The van der Waals surface area contributed by atoms with Crippen LogP contribution >= 0.6 is 0 Å². The van der Waals surface area contributed by atoms with E-state index in [1.165, 1.54) is 19.2 Å². The van der Waals surface area contributed by atoms with Crippen molar-refractivity contribution in [3.8, 4) is 22.9 Å². The molecule has 0 spiro atoms. The van der Waals surface area contributed by atoms with Crippen LogP contribution in [0.5, 0.6) is 11.5 Å². The molecule has 4 rings (SSSR count). The molecular weight excluding hydrogens is 434 g/mol. The van der Waals surface area contributed by atoms with Crippen molar-refractivity contribution < 1.29 is 27.6 Å². The third-order valence-electron chi connectivity index (χ3n) is 5.40. The third kappa shape index (κ3) is 5.21. The minimum absolute atomic E-state index is 0.0593. The van der Waals surface area contributed by atoms with Gasteiger partial charge in [-0.2, -0.15) is 13.8 Å². The Balaban J connectivity index is 1.41. The molecule has 10 heteroatoms. The van der Waals surface area contributed by atoms with Gasteiger partial charge in [0.1, 0.15) is 0 Å². The van der Waals surface area contributed by atoms with E-state index in [0.29, 0.717) is 17.0 Å². The quantitative estimate of drug-likeness (QED) is 0.531. The van der Waals surface area contributed by atoms with E-state index in [2.05, 4.69) is 20.2 Å². The number of halogens is 2. The molecule has 3 aromatic rings. The van der Waals surface area contributed by atoms with Gasteiger partial charge in [-0.25, -0.2) is 0 Å². The number of amides is 1. The molecule has 0 atom stereocenters. The van der Waals surface area contributed by atoms with Gasteiger partial charge < -0.3 is 24.2 Å². The number of aromatic nitrogens is 2. The van der Waals surface area contributed by atoms with E-state index < -0.39 is 6.61 Å². The largest absolute Gasteiger partial charge is 0.493 e. The summed E-state index contributed by atoms with van der Waals surface area (Å²) in [5, 5.41) is 7.18. The van der Waals surface area contributed by atoms with E-state index in [1.54, 1.807) is 6.07 Å². The van der Waals surface area contributed by atoms with Crippen LogP contribution in [0, 0.1) is 6.92 Å². The van der Waals surface area contributed by atoms with E-state index in [9.17, 15) is 13.6 Å². The highest BCUT2D eigenvalue weighted by Gasteiger charge is 2.20. The third-order valence-corrected chi connectivity index (χ3v) is 5.40. The number of rotatable bonds is 8. The first-order valence-corrected chi connectivity index (χ1v) is 10.5. The molecule has 2 heterocycles. The molecule has 33 heavy (non-hydrogen) atoms. The Labute approximate surface area is 189 Å². The Morgan fingerprint density at radius 3 is 2.67 bits per heavy atom. The zero-order valence-corrected chi connectivity index (χ0v) is 18.3. The van der Waals surface area contributed by atoms with Gasteiger partial charge in [0.2, 0.25) is 11.7 Å². The minimum atomic E-state index is -2.96. The fourth-order valence-corrected chi connectivity index (χ4v) is 3.71. The number of benzene rings is 2. The Morgan fingerprint density at radius 2 is 1.97 bits per heavy atom. The number of aryl methyl sites for hydroxylation is 1. The van der Waals surface area contributed by atoms with Gasteiger partial charge in [0.25, 0.3) is 5.91 Å². The second kappa shape index (κ2) is 9.85. The lowest BCUT2D eigenvalue weighted by molar-refractivity contribution is -0.0512. The number of alkyl halides is 2. The van der Waals surface area contributed by atoms with Gasteiger partial charge in [0, 0.05) is 29.9 Å². The summed E-state index contributed by atoms with van der Waals surface area (Å²) >= 11 is 0. The number of nitrogens with zero attached hydrogens (tertiary/aromatic N) is 3. The van der Waals surface area contributed by atoms with E-state index in [-0.39, 0.29) is 29.8 Å². The van der Waals surface area contributed by atoms with Crippen molar-refractivity contribution in [1.29, 1.82) is 0 Å². The molecule has 0 bridgehead atoms. The molecule has 0 saturated carbocycles. The van der Waals surface area contributed by atoms with Gasteiger partial charge >= 0.3 is 6.61 Å². The van der Waals surface area contributed by atoms with Gasteiger partial charge in [-0.3, -0.25) is 4.79 Å². The summed E-state index contributed by atoms with van der Waals surface area (Å²) in [5.41, 5.74) is 2.99. The molecule has 1 aliphatic heterocycles. The van der Waals surface area contributed by atoms with Crippen LogP contribution in [0.4, 0.5) is 14.5 Å². The summed E-state index contributed by atoms with van der Waals surface area (Å²) in [6.07, 6.45) is 2.11. The molecule has 1 amide bonds. The number of carbonyl (C=O) groups is 1. The molecule has 0 unspecified atom stereocenters. The molecule has 1 N–H and O–H groups in total. The Bertz CT molecular complexity index is 1130. The molecule has 1 aromatic heterocycles. The van der Waals surface area contributed by atoms with E-state index >= 15 is 0 Å². The SMILES string of the molecule is COc1cc(-c2noc(CNc3ccc(C(=O)N4CCCC4)cc3C)n2)ccc1OC(F)F. The minimum Gasteiger partial charge on any atom is -0.493 e. The maximum absolute atomic E-state index is 12.6. The Kier molecular flexibility index (Phi) is 6.71. The van der Waals surface area contributed by atoms with Crippen LogP contribution in [-0.4, -0.2) is 47.8 Å². The molecule has 0 radical (unpaired) electrons. The van der Waals surface area contributed by atoms with E-state index in [0.717, 1.165) is 37.2 Å². The van der Waals surface area contributed by atoms with Crippen LogP contribution in [0.15, 0.2) is 40.9 Å².